The van der Waals surface area contributed by atoms with Crippen molar-refractivity contribution >= 4 is 27.3 Å². The molecule has 0 bridgehead atoms. The molecule has 0 aliphatic carbocycles. The van der Waals surface area contributed by atoms with Gasteiger partial charge in [0, 0.05) is 47.1 Å². The van der Waals surface area contributed by atoms with Gasteiger partial charge < -0.3 is 14.4 Å². The minimum atomic E-state index is -0.795. The van der Waals surface area contributed by atoms with Gasteiger partial charge in [-0.1, -0.05) is 6.58 Å². The molecule has 1 atom stereocenters. The molecule has 1 aromatic carbocycles. The number of hydrogen-bond acceptors (Lipinski definition) is 8. The lowest BCUT2D eigenvalue weighted by atomic mass is 9.97. The third kappa shape index (κ3) is 5.28. The van der Waals surface area contributed by atoms with Crippen molar-refractivity contribution < 1.29 is 23.0 Å². The van der Waals surface area contributed by atoms with Gasteiger partial charge in [0.15, 0.2) is 0 Å². The highest BCUT2D eigenvalue weighted by atomic mass is 32.1. The van der Waals surface area contributed by atoms with Gasteiger partial charge in [-0.05, 0) is 43.5 Å². The molecule has 220 valence electrons. The number of hydrogen-bond donors (Lipinski definition) is 0. The number of benzene rings is 1. The first-order chi connectivity index (χ1) is 20.8. The van der Waals surface area contributed by atoms with Gasteiger partial charge in [0.1, 0.15) is 41.2 Å². The molecule has 0 saturated heterocycles. The molecule has 4 aromatic heterocycles. The van der Waals surface area contributed by atoms with E-state index in [1.807, 2.05) is 29.1 Å². The molecule has 1 amide bonds. The summed E-state index contributed by atoms with van der Waals surface area (Å²) in [4.78, 5) is 28.1. The van der Waals surface area contributed by atoms with Crippen molar-refractivity contribution in [3.63, 3.8) is 0 Å². The number of carbonyl (C=O) groups is 1. The fraction of sp³-hybridized carbons (Fsp3) is 0.258. The van der Waals surface area contributed by atoms with E-state index >= 15 is 4.39 Å². The minimum Gasteiger partial charge on any atom is -0.490 e. The number of carbonyl (C=O) groups excluding carboxylic acids is 1. The molecule has 1 aliphatic heterocycles. The first kappa shape index (κ1) is 28.6. The number of nitrogens with zero attached hydrogens (tertiary/aromatic N) is 6. The summed E-state index contributed by atoms with van der Waals surface area (Å²) >= 11 is 1.40. The molecule has 0 saturated carbocycles. The Bertz CT molecular complexity index is 1870. The highest BCUT2D eigenvalue weighted by Crippen LogP contribution is 2.47. The molecule has 9 nitrogen and oxygen atoms in total. The van der Waals surface area contributed by atoms with E-state index in [4.69, 9.17) is 19.6 Å². The number of pyridine rings is 1. The largest absolute Gasteiger partial charge is 0.490 e. The summed E-state index contributed by atoms with van der Waals surface area (Å²) in [6.45, 7) is 8.47. The Labute approximate surface area is 250 Å². The molecule has 1 unspecified atom stereocenters. The first-order valence-corrected chi connectivity index (χ1v) is 14.5. The van der Waals surface area contributed by atoms with Gasteiger partial charge in [0.05, 0.1) is 42.3 Å². The fourth-order valence-electron chi connectivity index (χ4n) is 5.31. The second-order valence-electron chi connectivity index (χ2n) is 10.2. The van der Waals surface area contributed by atoms with Crippen molar-refractivity contribution in [3.8, 4) is 39.7 Å². The number of halogens is 2. The summed E-state index contributed by atoms with van der Waals surface area (Å²) in [5, 5.41) is 7.51. The summed E-state index contributed by atoms with van der Waals surface area (Å²) in [6.07, 6.45) is 2.96. The smallest absolute Gasteiger partial charge is 0.246 e. The molecular weight excluding hydrogens is 574 g/mol. The van der Waals surface area contributed by atoms with E-state index in [1.165, 1.54) is 24.5 Å². The normalized spacial score (nSPS) is 14.6. The van der Waals surface area contributed by atoms with Crippen molar-refractivity contribution in [2.75, 3.05) is 20.3 Å². The number of ether oxygens (including phenoxy) is 2. The van der Waals surface area contributed by atoms with E-state index in [0.29, 0.717) is 52.0 Å². The molecule has 0 fully saturated rings. The van der Waals surface area contributed by atoms with Crippen LogP contribution in [0.15, 0.2) is 54.6 Å². The Hall–Kier alpha value is -4.55. The number of thiophene rings is 1. The first-order valence-electron chi connectivity index (χ1n) is 13.6. The average Bonchev–Trinajstić information content (AvgIpc) is 3.63. The van der Waals surface area contributed by atoms with Crippen LogP contribution in [0, 0.1) is 18.6 Å². The number of aromatic nitrogens is 5. The van der Waals surface area contributed by atoms with Gasteiger partial charge in [0.2, 0.25) is 5.91 Å². The van der Waals surface area contributed by atoms with Crippen molar-refractivity contribution in [2.24, 2.45) is 0 Å². The zero-order valence-electron chi connectivity index (χ0n) is 23.8. The third-order valence-corrected chi connectivity index (χ3v) is 8.24. The third-order valence-electron chi connectivity index (χ3n) is 7.31. The van der Waals surface area contributed by atoms with Crippen LogP contribution in [0.2, 0.25) is 0 Å². The van der Waals surface area contributed by atoms with Gasteiger partial charge in [-0.3, -0.25) is 9.48 Å². The summed E-state index contributed by atoms with van der Waals surface area (Å²) < 4.78 is 43.9. The maximum atomic E-state index is 15.9. The molecule has 1 aliphatic rings. The monoisotopic (exact) mass is 602 g/mol. The Morgan fingerprint density at radius 1 is 1.14 bits per heavy atom. The topological polar surface area (TPSA) is 95.3 Å². The maximum absolute atomic E-state index is 15.9. The van der Waals surface area contributed by atoms with Gasteiger partial charge in [-0.25, -0.2) is 23.7 Å². The predicted octanol–water partition coefficient (Wildman–Crippen LogP) is 5.81. The highest BCUT2D eigenvalue weighted by Gasteiger charge is 2.30. The van der Waals surface area contributed by atoms with Crippen LogP contribution in [0.1, 0.15) is 18.4 Å². The molecular formula is C31H28F2N6O3S. The van der Waals surface area contributed by atoms with Gasteiger partial charge in [-0.15, -0.1) is 11.3 Å². The van der Waals surface area contributed by atoms with Crippen LogP contribution in [0.25, 0.3) is 44.0 Å². The van der Waals surface area contributed by atoms with Crippen LogP contribution >= 0.6 is 11.3 Å². The van der Waals surface area contributed by atoms with Gasteiger partial charge >= 0.3 is 0 Å². The van der Waals surface area contributed by atoms with E-state index in [2.05, 4.69) is 16.5 Å². The zero-order valence-corrected chi connectivity index (χ0v) is 24.6. The predicted molar refractivity (Wildman–Crippen MR) is 160 cm³/mol. The standard InChI is InChI=1S/C31H28F2N6O3S/c1-5-26(40)38-16-20-14-24(37-39(20)15-17(38)2)30-28(27-22(33)12-19(32)13-25(27)42-10-9-41-4)31-21(7-11-43-31)29(36-30)23-6-8-34-18(3)35-23/h5-8,11-14,17H,1,9-10,15-16H2,2-4H3. The van der Waals surface area contributed by atoms with Crippen LogP contribution in [0.4, 0.5) is 8.78 Å². The van der Waals surface area contributed by atoms with Crippen molar-refractivity contribution in [1.82, 2.24) is 29.6 Å². The molecule has 5 aromatic rings. The Kier molecular flexibility index (Phi) is 7.72. The van der Waals surface area contributed by atoms with Crippen LogP contribution in [0.5, 0.6) is 5.75 Å². The fourth-order valence-corrected chi connectivity index (χ4v) is 6.26. The second-order valence-corrected chi connectivity index (χ2v) is 11.1. The van der Waals surface area contributed by atoms with Crippen LogP contribution in [-0.2, 0) is 22.6 Å². The van der Waals surface area contributed by atoms with Gasteiger partial charge in [0.25, 0.3) is 0 Å². The SMILES string of the molecule is C=CC(=O)N1Cc2cc(-c3nc(-c4ccnc(C)n4)c4ccsc4c3-c3c(F)cc(F)cc3OCCOC)nn2CC1C. The van der Waals surface area contributed by atoms with Crippen LogP contribution in [0.3, 0.4) is 0 Å². The Morgan fingerprint density at radius 2 is 1.98 bits per heavy atom. The van der Waals surface area contributed by atoms with Crippen LogP contribution < -0.4 is 4.74 Å². The molecule has 0 radical (unpaired) electrons. The summed E-state index contributed by atoms with van der Waals surface area (Å²) in [5.74, 6) is -1.13. The number of amides is 1. The maximum Gasteiger partial charge on any atom is 0.246 e. The molecule has 0 N–H and O–H groups in total. The molecule has 43 heavy (non-hydrogen) atoms. The summed E-state index contributed by atoms with van der Waals surface area (Å²) in [7, 11) is 1.52. The minimum absolute atomic E-state index is 0.0262. The van der Waals surface area contributed by atoms with E-state index in [0.717, 1.165) is 23.2 Å². The summed E-state index contributed by atoms with van der Waals surface area (Å²) in [5.41, 5.74) is 3.30. The highest BCUT2D eigenvalue weighted by molar-refractivity contribution is 7.18. The molecule has 5 heterocycles. The number of rotatable bonds is 8. The van der Waals surface area contributed by atoms with Crippen molar-refractivity contribution in [2.45, 2.75) is 33.0 Å². The van der Waals surface area contributed by atoms with E-state index < -0.39 is 11.6 Å². The average molecular weight is 603 g/mol. The molecule has 12 heteroatoms. The number of fused-ring (bicyclic) bond motifs is 2. The summed E-state index contributed by atoms with van der Waals surface area (Å²) in [6, 6.07) is 7.40. The lowest BCUT2D eigenvalue weighted by Gasteiger charge is -2.33. The zero-order chi connectivity index (χ0) is 30.2. The number of aryl methyl sites for hydroxylation is 1. The van der Waals surface area contributed by atoms with E-state index in [1.54, 1.807) is 24.1 Å². The van der Waals surface area contributed by atoms with Crippen molar-refractivity contribution in [1.29, 1.82) is 0 Å². The Balaban J connectivity index is 1.63. The van der Waals surface area contributed by atoms with Gasteiger partial charge in [-0.2, -0.15) is 5.10 Å². The quantitative estimate of drug-likeness (QED) is 0.163. The van der Waals surface area contributed by atoms with Crippen LogP contribution in [-0.4, -0.2) is 61.9 Å². The second kappa shape index (κ2) is 11.6. The lowest BCUT2D eigenvalue weighted by molar-refractivity contribution is -0.129. The Morgan fingerprint density at radius 3 is 2.74 bits per heavy atom. The lowest BCUT2D eigenvalue weighted by Crippen LogP contribution is -2.44. The van der Waals surface area contributed by atoms with Crippen molar-refractivity contribution in [3.05, 3.63) is 77.7 Å². The number of methoxy groups -OCH3 is 1. The van der Waals surface area contributed by atoms with E-state index in [-0.39, 0.29) is 36.5 Å². The molecule has 0 spiro atoms. The molecule has 6 rings (SSSR count). The van der Waals surface area contributed by atoms with E-state index in [9.17, 15) is 9.18 Å².